The van der Waals surface area contributed by atoms with Crippen LogP contribution < -0.4 is 10.2 Å². The van der Waals surface area contributed by atoms with E-state index in [1.807, 2.05) is 13.0 Å². The maximum atomic E-state index is 12.9. The van der Waals surface area contributed by atoms with Gasteiger partial charge in [0.1, 0.15) is 11.6 Å². The average molecular weight is 410 g/mol. The summed E-state index contributed by atoms with van der Waals surface area (Å²) in [4.78, 5) is 22.6. The Morgan fingerprint density at radius 2 is 1.89 bits per heavy atom. The Balaban J connectivity index is 1.79. The summed E-state index contributed by atoms with van der Waals surface area (Å²) in [6.45, 7) is 3.57. The van der Waals surface area contributed by atoms with Crippen LogP contribution in [0, 0.1) is 6.92 Å². The SMILES string of the molecule is Cc1cc(N2CCCC2)nc(CNC(=O)c2ccccc2S(=O)(=O)C(F)F)n1. The van der Waals surface area contributed by atoms with Crippen molar-refractivity contribution in [2.45, 2.75) is 37.0 Å². The van der Waals surface area contributed by atoms with E-state index in [9.17, 15) is 22.0 Å². The molecule has 28 heavy (non-hydrogen) atoms. The molecular formula is C18H20F2N4O3S. The summed E-state index contributed by atoms with van der Waals surface area (Å²) in [5.41, 5.74) is 0.400. The molecule has 2 aromatic rings. The molecule has 0 atom stereocenters. The zero-order valence-electron chi connectivity index (χ0n) is 15.2. The molecule has 1 saturated heterocycles. The van der Waals surface area contributed by atoms with E-state index in [-0.39, 0.29) is 12.1 Å². The molecule has 0 spiro atoms. The summed E-state index contributed by atoms with van der Waals surface area (Å²) in [5, 5.41) is 2.52. The van der Waals surface area contributed by atoms with E-state index in [4.69, 9.17) is 0 Å². The number of carbonyl (C=O) groups excluding carboxylic acids is 1. The molecule has 1 aliphatic heterocycles. The minimum absolute atomic E-state index is 0.0512. The molecule has 0 aliphatic carbocycles. The lowest BCUT2D eigenvalue weighted by atomic mass is 10.2. The van der Waals surface area contributed by atoms with Gasteiger partial charge in [-0.2, -0.15) is 8.78 Å². The lowest BCUT2D eigenvalue weighted by Gasteiger charge is -2.17. The van der Waals surface area contributed by atoms with Crippen molar-refractivity contribution < 1.29 is 22.0 Å². The number of aryl methyl sites for hydroxylation is 1. The molecule has 0 radical (unpaired) electrons. The Kier molecular flexibility index (Phi) is 5.87. The molecular weight excluding hydrogens is 390 g/mol. The Bertz CT molecular complexity index is 977. The van der Waals surface area contributed by atoms with Crippen LogP contribution in [-0.2, 0) is 16.4 Å². The van der Waals surface area contributed by atoms with E-state index in [1.165, 1.54) is 18.2 Å². The second-order valence-corrected chi connectivity index (χ2v) is 8.35. The number of hydrogen-bond acceptors (Lipinski definition) is 6. The molecule has 1 aliphatic rings. The van der Waals surface area contributed by atoms with Crippen molar-refractivity contribution >= 4 is 21.6 Å². The molecule has 1 aromatic carbocycles. The van der Waals surface area contributed by atoms with Crippen LogP contribution in [-0.4, -0.2) is 43.1 Å². The summed E-state index contributed by atoms with van der Waals surface area (Å²) in [6.07, 6.45) is 2.18. The molecule has 1 amide bonds. The quantitative estimate of drug-likeness (QED) is 0.786. The van der Waals surface area contributed by atoms with Gasteiger partial charge in [0, 0.05) is 24.8 Å². The number of benzene rings is 1. The number of alkyl halides is 2. The number of nitrogens with zero attached hydrogens (tertiary/aromatic N) is 3. The minimum Gasteiger partial charge on any atom is -0.357 e. The van der Waals surface area contributed by atoms with E-state index in [0.29, 0.717) is 5.82 Å². The van der Waals surface area contributed by atoms with Crippen LogP contribution in [0.3, 0.4) is 0 Å². The number of carbonyl (C=O) groups is 1. The number of sulfone groups is 1. The normalized spacial score (nSPS) is 14.5. The third kappa shape index (κ3) is 4.27. The van der Waals surface area contributed by atoms with Gasteiger partial charge in [0.2, 0.25) is 9.84 Å². The van der Waals surface area contributed by atoms with Crippen molar-refractivity contribution in [2.24, 2.45) is 0 Å². The van der Waals surface area contributed by atoms with Crippen LogP contribution in [0.5, 0.6) is 0 Å². The highest BCUT2D eigenvalue weighted by atomic mass is 32.2. The molecule has 1 N–H and O–H groups in total. The van der Waals surface area contributed by atoms with Gasteiger partial charge in [-0.25, -0.2) is 18.4 Å². The van der Waals surface area contributed by atoms with Gasteiger partial charge in [-0.05, 0) is 31.9 Å². The zero-order chi connectivity index (χ0) is 20.3. The fourth-order valence-electron chi connectivity index (χ4n) is 3.05. The molecule has 0 unspecified atom stereocenters. The lowest BCUT2D eigenvalue weighted by molar-refractivity contribution is 0.0946. The van der Waals surface area contributed by atoms with Gasteiger partial charge < -0.3 is 10.2 Å². The maximum absolute atomic E-state index is 12.9. The predicted molar refractivity (Wildman–Crippen MR) is 99.0 cm³/mol. The topological polar surface area (TPSA) is 92.3 Å². The number of anilines is 1. The van der Waals surface area contributed by atoms with E-state index >= 15 is 0 Å². The second-order valence-electron chi connectivity index (χ2n) is 6.46. The van der Waals surface area contributed by atoms with E-state index in [1.54, 1.807) is 0 Å². The highest BCUT2D eigenvalue weighted by Crippen LogP contribution is 2.22. The summed E-state index contributed by atoms with van der Waals surface area (Å²) in [5.74, 6) is -3.25. The van der Waals surface area contributed by atoms with Crippen molar-refractivity contribution in [3.63, 3.8) is 0 Å². The largest absolute Gasteiger partial charge is 0.357 e. The van der Waals surface area contributed by atoms with Crippen molar-refractivity contribution in [1.29, 1.82) is 0 Å². The minimum atomic E-state index is -4.89. The van der Waals surface area contributed by atoms with E-state index in [2.05, 4.69) is 20.2 Å². The maximum Gasteiger partial charge on any atom is 0.341 e. The highest BCUT2D eigenvalue weighted by Gasteiger charge is 2.30. The summed E-state index contributed by atoms with van der Waals surface area (Å²) in [7, 11) is -4.89. The van der Waals surface area contributed by atoms with Crippen LogP contribution >= 0.6 is 0 Å². The van der Waals surface area contributed by atoms with E-state index in [0.717, 1.165) is 43.5 Å². The van der Waals surface area contributed by atoms with Crippen LogP contribution in [0.15, 0.2) is 35.2 Å². The van der Waals surface area contributed by atoms with Gasteiger partial charge in [0.25, 0.3) is 5.91 Å². The molecule has 2 heterocycles. The third-order valence-corrected chi connectivity index (χ3v) is 5.84. The fraction of sp³-hybridized carbons (Fsp3) is 0.389. The first-order chi connectivity index (χ1) is 13.3. The first-order valence-electron chi connectivity index (χ1n) is 8.78. The van der Waals surface area contributed by atoms with Crippen LogP contribution in [0.1, 0.15) is 34.7 Å². The van der Waals surface area contributed by atoms with Crippen molar-refractivity contribution in [3.8, 4) is 0 Å². The molecule has 3 rings (SSSR count). The number of rotatable bonds is 6. The van der Waals surface area contributed by atoms with Gasteiger partial charge in [-0.3, -0.25) is 4.79 Å². The Hall–Kier alpha value is -2.62. The standard InChI is InChI=1S/C18H20F2N4O3S/c1-12-10-16(24-8-4-5-9-24)23-15(22-12)11-21-17(25)13-6-2-3-7-14(13)28(26,27)18(19)20/h2-3,6-7,10,18H,4-5,8-9,11H2,1H3,(H,21,25). The monoisotopic (exact) mass is 410 g/mol. The predicted octanol–water partition coefficient (Wildman–Crippen LogP) is 2.31. The first kappa shape index (κ1) is 20.1. The second kappa shape index (κ2) is 8.17. The zero-order valence-corrected chi connectivity index (χ0v) is 16.0. The summed E-state index contributed by atoms with van der Waals surface area (Å²) >= 11 is 0. The number of amides is 1. The Morgan fingerprint density at radius 3 is 2.57 bits per heavy atom. The molecule has 150 valence electrons. The summed E-state index contributed by atoms with van der Waals surface area (Å²) < 4.78 is 49.4. The van der Waals surface area contributed by atoms with Crippen molar-refractivity contribution in [2.75, 3.05) is 18.0 Å². The van der Waals surface area contributed by atoms with Crippen LogP contribution in [0.4, 0.5) is 14.6 Å². The Labute approximate surface area is 161 Å². The molecule has 0 saturated carbocycles. The van der Waals surface area contributed by atoms with Gasteiger partial charge in [0.15, 0.2) is 0 Å². The van der Waals surface area contributed by atoms with Crippen LogP contribution in [0.25, 0.3) is 0 Å². The van der Waals surface area contributed by atoms with Gasteiger partial charge >= 0.3 is 5.76 Å². The third-order valence-electron chi connectivity index (χ3n) is 4.40. The smallest absolute Gasteiger partial charge is 0.341 e. The van der Waals surface area contributed by atoms with Gasteiger partial charge in [-0.1, -0.05) is 12.1 Å². The fourth-order valence-corrected chi connectivity index (χ4v) is 3.98. The van der Waals surface area contributed by atoms with E-state index < -0.39 is 26.4 Å². The molecule has 1 fully saturated rings. The first-order valence-corrected chi connectivity index (χ1v) is 10.3. The molecule has 1 aromatic heterocycles. The number of hydrogen-bond donors (Lipinski definition) is 1. The number of nitrogens with one attached hydrogen (secondary N) is 1. The van der Waals surface area contributed by atoms with Crippen molar-refractivity contribution in [1.82, 2.24) is 15.3 Å². The molecule has 7 nitrogen and oxygen atoms in total. The van der Waals surface area contributed by atoms with Crippen molar-refractivity contribution in [3.05, 3.63) is 47.4 Å². The average Bonchev–Trinajstić information content (AvgIpc) is 3.20. The van der Waals surface area contributed by atoms with Gasteiger partial charge in [-0.15, -0.1) is 0 Å². The summed E-state index contributed by atoms with van der Waals surface area (Å²) in [6, 6.07) is 6.75. The Morgan fingerprint density at radius 1 is 1.21 bits per heavy atom. The number of aromatic nitrogens is 2. The van der Waals surface area contributed by atoms with Gasteiger partial charge in [0.05, 0.1) is 17.0 Å². The van der Waals surface area contributed by atoms with Crippen LogP contribution in [0.2, 0.25) is 0 Å². The molecule has 10 heteroatoms. The molecule has 0 bridgehead atoms. The highest BCUT2D eigenvalue weighted by molar-refractivity contribution is 7.91. The number of halogens is 2. The lowest BCUT2D eigenvalue weighted by Crippen LogP contribution is -2.27.